The van der Waals surface area contributed by atoms with Crippen molar-refractivity contribution in [3.8, 4) is 0 Å². The van der Waals surface area contributed by atoms with Gasteiger partial charge in [-0.05, 0) is 53.5 Å². The summed E-state index contributed by atoms with van der Waals surface area (Å²) in [6.07, 6.45) is -6.75. The van der Waals surface area contributed by atoms with E-state index >= 15 is 0 Å². The Bertz CT molecular complexity index is 2260. The number of fused-ring (bicyclic) bond motifs is 4. The number of carbonyl (C=O) groups is 5. The fourth-order valence-corrected chi connectivity index (χ4v) is 10.1. The lowest BCUT2D eigenvalue weighted by atomic mass is 9.51. The van der Waals surface area contributed by atoms with Gasteiger partial charge in [0.05, 0.1) is 35.6 Å². The van der Waals surface area contributed by atoms with Gasteiger partial charge in [0.2, 0.25) is 0 Å². The Morgan fingerprint density at radius 1 is 0.850 bits per heavy atom. The van der Waals surface area contributed by atoms with Gasteiger partial charge in [-0.3, -0.25) is 14.4 Å². The minimum absolute atomic E-state index is 0.0173. The normalized spacial score (nSPS) is 33.2. The lowest BCUT2D eigenvalue weighted by Crippen LogP contribution is -2.78. The van der Waals surface area contributed by atoms with Crippen LogP contribution in [0.15, 0.2) is 114 Å². The van der Waals surface area contributed by atoms with Crippen molar-refractivity contribution in [3.05, 3.63) is 130 Å². The van der Waals surface area contributed by atoms with Crippen LogP contribution in [-0.2, 0) is 38.1 Å². The molecule has 5 aliphatic rings. The number of esters is 4. The van der Waals surface area contributed by atoms with Gasteiger partial charge in [0, 0.05) is 38.2 Å². The summed E-state index contributed by atoms with van der Waals surface area (Å²) in [6.45, 7) is 5.64. The first-order valence-corrected chi connectivity index (χ1v) is 20.0. The standard InChI is InChI=1S/C46H47NO13/c1-24-32(58-43(54)37(51)36(28-14-8-5-9-15-28)47-41(52)29-16-10-6-11-17-29)22-45(55)25(2)35(24)38(57-26(3)48)31-21-44(31)33(50)20-34-46(23-56-34,60-27(4)49)39(44)40(45)59-42(53)30-18-12-7-13-19-30/h5-19,21,25,32-34,36-40,50-51,55H,20,22-23H2,1-4H3,(H,47,52)/t25-,32?,33-,34+,36?,37?,38-,39?,40?,44+,45-,46-/m0/s1. The average molecular weight is 822 g/mol. The number of benzene rings is 3. The number of nitrogens with one attached hydrogen (secondary N) is 1. The molecule has 0 radical (unpaired) electrons. The number of ether oxygens (including phenoxy) is 5. The molecule has 60 heavy (non-hydrogen) atoms. The van der Waals surface area contributed by atoms with Gasteiger partial charge in [0.25, 0.3) is 5.91 Å². The zero-order valence-corrected chi connectivity index (χ0v) is 33.5. The molecule has 1 aliphatic heterocycles. The Labute approximate surface area is 346 Å². The highest BCUT2D eigenvalue weighted by Crippen LogP contribution is 2.70. The molecule has 3 aromatic carbocycles. The number of rotatable bonds is 10. The van der Waals surface area contributed by atoms with Gasteiger partial charge in [0.15, 0.2) is 11.7 Å². The van der Waals surface area contributed by atoms with E-state index in [1.54, 1.807) is 111 Å². The van der Waals surface area contributed by atoms with Crippen LogP contribution in [0.25, 0.3) is 0 Å². The maximum atomic E-state index is 14.3. The molecule has 14 heteroatoms. The van der Waals surface area contributed by atoms with Crippen molar-refractivity contribution in [1.82, 2.24) is 5.32 Å². The number of aliphatic hydroxyl groups excluding tert-OH is 2. The maximum absolute atomic E-state index is 14.3. The molecule has 4 aliphatic carbocycles. The average Bonchev–Trinajstić information content (AvgIpc) is 3.97. The molecule has 2 saturated carbocycles. The zero-order chi connectivity index (χ0) is 42.7. The monoisotopic (exact) mass is 821 g/mol. The van der Waals surface area contributed by atoms with E-state index in [2.05, 4.69) is 5.32 Å². The lowest BCUT2D eigenvalue weighted by molar-refractivity contribution is -0.334. The molecule has 8 rings (SSSR count). The van der Waals surface area contributed by atoms with Crippen LogP contribution in [0.5, 0.6) is 0 Å². The Morgan fingerprint density at radius 2 is 1.47 bits per heavy atom. The molecule has 1 heterocycles. The van der Waals surface area contributed by atoms with Gasteiger partial charge in [-0.25, -0.2) is 9.59 Å². The molecular formula is C46H47NO13. The van der Waals surface area contributed by atoms with E-state index < -0.39 is 107 Å². The predicted molar refractivity (Wildman–Crippen MR) is 210 cm³/mol. The van der Waals surface area contributed by atoms with Crippen molar-refractivity contribution in [2.45, 2.75) is 94.4 Å². The van der Waals surface area contributed by atoms with Crippen LogP contribution in [0.3, 0.4) is 0 Å². The highest BCUT2D eigenvalue weighted by molar-refractivity contribution is 5.95. The number of hydrogen-bond acceptors (Lipinski definition) is 13. The van der Waals surface area contributed by atoms with E-state index in [-0.39, 0.29) is 18.6 Å². The summed E-state index contributed by atoms with van der Waals surface area (Å²) in [6, 6.07) is 23.5. The van der Waals surface area contributed by atoms with Crippen LogP contribution in [0.4, 0.5) is 0 Å². The lowest BCUT2D eigenvalue weighted by Gasteiger charge is -2.64. The summed E-state index contributed by atoms with van der Waals surface area (Å²) in [7, 11) is 0. The molecule has 12 atom stereocenters. The molecule has 2 bridgehead atoms. The first-order chi connectivity index (χ1) is 28.6. The van der Waals surface area contributed by atoms with Crippen molar-refractivity contribution < 1.29 is 63.0 Å². The summed E-state index contributed by atoms with van der Waals surface area (Å²) in [4.78, 5) is 67.6. The topological polar surface area (TPSA) is 204 Å². The largest absolute Gasteiger partial charge is 0.456 e. The highest BCUT2D eigenvalue weighted by Gasteiger charge is 2.80. The molecule has 1 saturated heterocycles. The molecular weight excluding hydrogens is 774 g/mol. The SMILES string of the molecule is CC(=O)O[C@H]1C2=C[C@@]23C(C(OC(=O)c2ccccc2)[C@]2(O)CC(OC(=O)C(O)C(NC(=O)c4ccccc4)c4ccccc4)C(C)=C1[C@@H]2C)[C@]1(OC(C)=O)CO[C@@H]1C[C@@H]3O. The predicted octanol–water partition coefficient (Wildman–Crippen LogP) is 3.70. The van der Waals surface area contributed by atoms with Gasteiger partial charge >= 0.3 is 23.9 Å². The molecule has 3 fully saturated rings. The van der Waals surface area contributed by atoms with Crippen molar-refractivity contribution in [1.29, 1.82) is 0 Å². The van der Waals surface area contributed by atoms with Crippen LogP contribution < -0.4 is 5.32 Å². The Hall–Kier alpha value is -5.67. The minimum atomic E-state index is -2.17. The van der Waals surface area contributed by atoms with Crippen LogP contribution in [0, 0.1) is 17.3 Å². The maximum Gasteiger partial charge on any atom is 0.338 e. The second-order valence-corrected chi connectivity index (χ2v) is 16.4. The molecule has 14 nitrogen and oxygen atoms in total. The molecule has 3 aromatic rings. The third kappa shape index (κ3) is 6.71. The fourth-order valence-electron chi connectivity index (χ4n) is 10.1. The molecule has 5 unspecified atom stereocenters. The van der Waals surface area contributed by atoms with E-state index in [1.165, 1.54) is 13.8 Å². The summed E-state index contributed by atoms with van der Waals surface area (Å²) in [5.74, 6) is -6.01. The van der Waals surface area contributed by atoms with Crippen molar-refractivity contribution in [2.75, 3.05) is 6.61 Å². The van der Waals surface area contributed by atoms with Crippen molar-refractivity contribution in [2.24, 2.45) is 17.3 Å². The molecule has 4 N–H and O–H groups in total. The van der Waals surface area contributed by atoms with Gasteiger partial charge < -0.3 is 44.3 Å². The van der Waals surface area contributed by atoms with E-state index in [0.29, 0.717) is 27.8 Å². The first-order valence-electron chi connectivity index (χ1n) is 20.0. The summed E-state index contributed by atoms with van der Waals surface area (Å²) in [5, 5.41) is 40.0. The fraction of sp³-hybridized carbons (Fsp3) is 0.413. The first kappa shape index (κ1) is 41.1. The van der Waals surface area contributed by atoms with E-state index in [1.807, 2.05) is 0 Å². The van der Waals surface area contributed by atoms with E-state index in [0.717, 1.165) is 0 Å². The summed E-state index contributed by atoms with van der Waals surface area (Å²) in [5.41, 5.74) is -3.05. The number of aliphatic hydroxyl groups is 3. The third-order valence-electron chi connectivity index (χ3n) is 13.1. The Balaban J connectivity index is 1.23. The number of carbonyl (C=O) groups excluding carboxylic acids is 5. The number of amides is 1. The highest BCUT2D eigenvalue weighted by atomic mass is 16.6. The Morgan fingerprint density at radius 3 is 2.05 bits per heavy atom. The molecule has 1 amide bonds. The van der Waals surface area contributed by atoms with Gasteiger partial charge in [-0.15, -0.1) is 0 Å². The quantitative estimate of drug-likeness (QED) is 0.131. The molecule has 1 spiro atoms. The van der Waals surface area contributed by atoms with E-state index in [9.17, 15) is 39.3 Å². The molecule has 314 valence electrons. The minimum Gasteiger partial charge on any atom is -0.456 e. The Kier molecular flexibility index (Phi) is 10.6. The number of hydrogen-bond donors (Lipinski definition) is 4. The third-order valence-corrected chi connectivity index (χ3v) is 13.1. The van der Waals surface area contributed by atoms with Gasteiger partial charge in [-0.1, -0.05) is 79.7 Å². The van der Waals surface area contributed by atoms with Crippen molar-refractivity contribution >= 4 is 29.8 Å². The second kappa shape index (κ2) is 15.4. The van der Waals surface area contributed by atoms with Crippen LogP contribution >= 0.6 is 0 Å². The summed E-state index contributed by atoms with van der Waals surface area (Å²) < 4.78 is 30.6. The van der Waals surface area contributed by atoms with E-state index in [4.69, 9.17) is 23.7 Å². The second-order valence-electron chi connectivity index (χ2n) is 16.4. The van der Waals surface area contributed by atoms with Gasteiger partial charge in [0.1, 0.15) is 30.0 Å². The smallest absolute Gasteiger partial charge is 0.338 e. The van der Waals surface area contributed by atoms with Crippen LogP contribution in [0.1, 0.15) is 72.9 Å². The van der Waals surface area contributed by atoms with Crippen molar-refractivity contribution in [3.63, 3.8) is 0 Å². The molecule has 0 aromatic heterocycles. The van der Waals surface area contributed by atoms with Gasteiger partial charge in [-0.2, -0.15) is 0 Å². The summed E-state index contributed by atoms with van der Waals surface area (Å²) >= 11 is 0. The van der Waals surface area contributed by atoms with Crippen LogP contribution in [-0.4, -0.2) is 99.5 Å². The zero-order valence-electron chi connectivity index (χ0n) is 33.5. The van der Waals surface area contributed by atoms with Crippen LogP contribution in [0.2, 0.25) is 0 Å².